The Labute approximate surface area is 168 Å². The van der Waals surface area contributed by atoms with Gasteiger partial charge in [0.2, 0.25) is 0 Å². The van der Waals surface area contributed by atoms with Crippen LogP contribution >= 0.6 is 0 Å². The van der Waals surface area contributed by atoms with E-state index < -0.39 is 0 Å². The Morgan fingerprint density at radius 3 is 1.81 bits per heavy atom. The van der Waals surface area contributed by atoms with Gasteiger partial charge in [0.1, 0.15) is 0 Å². The molecule has 0 radical (unpaired) electrons. The lowest BCUT2D eigenvalue weighted by molar-refractivity contribution is 0.179. The predicted octanol–water partition coefficient (Wildman–Crippen LogP) is 7.09. The summed E-state index contributed by atoms with van der Waals surface area (Å²) in [7, 11) is 0. The van der Waals surface area contributed by atoms with Crippen molar-refractivity contribution in [1.82, 2.24) is 9.80 Å². The number of piperidine rings is 1. The van der Waals surface area contributed by atoms with E-state index in [1.165, 1.54) is 90.6 Å². The van der Waals surface area contributed by atoms with E-state index in [0.717, 1.165) is 11.8 Å². The summed E-state index contributed by atoms with van der Waals surface area (Å²) >= 11 is 0. The van der Waals surface area contributed by atoms with Gasteiger partial charge in [0.25, 0.3) is 0 Å². The van der Waals surface area contributed by atoms with Gasteiger partial charge in [-0.2, -0.15) is 0 Å². The van der Waals surface area contributed by atoms with Gasteiger partial charge in [-0.15, -0.1) is 0 Å². The molecule has 1 aliphatic heterocycles. The quantitative estimate of drug-likeness (QED) is 0.405. The Kier molecular flexibility index (Phi) is 23.0. The Morgan fingerprint density at radius 2 is 1.42 bits per heavy atom. The molecule has 160 valence electrons. The number of hydrogen-bond donors (Lipinski definition) is 0. The molecule has 1 rings (SSSR count). The van der Waals surface area contributed by atoms with Crippen molar-refractivity contribution in [3.05, 3.63) is 0 Å². The molecule has 2 heteroatoms. The maximum absolute atomic E-state index is 2.62. The smallest absolute Gasteiger partial charge is 0.00161 e. The topological polar surface area (TPSA) is 6.48 Å². The summed E-state index contributed by atoms with van der Waals surface area (Å²) in [6.45, 7) is 25.7. The van der Waals surface area contributed by atoms with Gasteiger partial charge < -0.3 is 9.80 Å². The molecule has 1 fully saturated rings. The second kappa shape index (κ2) is 21.2. The van der Waals surface area contributed by atoms with E-state index in [9.17, 15) is 0 Å². The molecule has 1 aliphatic rings. The summed E-state index contributed by atoms with van der Waals surface area (Å²) in [6, 6.07) is 0. The van der Waals surface area contributed by atoms with Crippen LogP contribution in [0, 0.1) is 11.8 Å². The lowest BCUT2D eigenvalue weighted by Crippen LogP contribution is -2.34. The molecule has 1 heterocycles. The minimum atomic E-state index is 0.848. The molecule has 0 amide bonds. The highest BCUT2D eigenvalue weighted by Crippen LogP contribution is 2.21. The number of likely N-dealkylation sites (tertiary alicyclic amines) is 1. The van der Waals surface area contributed by atoms with Crippen LogP contribution < -0.4 is 0 Å². The zero-order chi connectivity index (χ0) is 20.2. The van der Waals surface area contributed by atoms with Gasteiger partial charge in [0.05, 0.1) is 0 Å². The number of rotatable bonds is 10. The fraction of sp³-hybridized carbons (Fsp3) is 1.00. The Bertz CT molecular complexity index is 231. The minimum Gasteiger partial charge on any atom is -0.304 e. The van der Waals surface area contributed by atoms with E-state index >= 15 is 0 Å². The summed E-state index contributed by atoms with van der Waals surface area (Å²) in [5, 5.41) is 0. The molecule has 0 aromatic rings. The van der Waals surface area contributed by atoms with Gasteiger partial charge in [0.15, 0.2) is 0 Å². The third-order valence-electron chi connectivity index (χ3n) is 4.95. The zero-order valence-corrected chi connectivity index (χ0v) is 19.9. The zero-order valence-electron chi connectivity index (χ0n) is 19.9. The average molecular weight is 371 g/mol. The molecule has 0 saturated carbocycles. The molecular weight excluding hydrogens is 316 g/mol. The molecule has 0 aliphatic carbocycles. The van der Waals surface area contributed by atoms with E-state index in [1.54, 1.807) is 0 Å². The predicted molar refractivity (Wildman–Crippen MR) is 122 cm³/mol. The molecule has 0 spiro atoms. The molecule has 0 N–H and O–H groups in total. The Hall–Kier alpha value is -0.0800. The van der Waals surface area contributed by atoms with Crippen molar-refractivity contribution < 1.29 is 0 Å². The Morgan fingerprint density at radius 1 is 0.846 bits per heavy atom. The van der Waals surface area contributed by atoms with Crippen molar-refractivity contribution in [3.8, 4) is 0 Å². The molecule has 0 aromatic carbocycles. The standard InChI is InChI=1S/C11H23N.C10H23N.C3H8/c1-3-5-11-6-9-12(8-4-2)10-7-11;1-5-8-11(6-2)9-7-10(3)4;1-3-2/h11H,3-10H2,1-2H3;10H,5-9H2,1-4H3;3H2,1-2H3. The molecular formula is C24H54N2. The first-order valence-corrected chi connectivity index (χ1v) is 11.9. The molecule has 1 saturated heterocycles. The molecule has 0 bridgehead atoms. The largest absolute Gasteiger partial charge is 0.304 e. The monoisotopic (exact) mass is 370 g/mol. The number of nitrogens with zero attached hydrogens (tertiary/aromatic N) is 2. The Balaban J connectivity index is 0. The van der Waals surface area contributed by atoms with Crippen molar-refractivity contribution in [1.29, 1.82) is 0 Å². The van der Waals surface area contributed by atoms with Gasteiger partial charge >= 0.3 is 0 Å². The molecule has 0 unspecified atom stereocenters. The third kappa shape index (κ3) is 18.7. The first-order chi connectivity index (χ1) is 12.5. The maximum atomic E-state index is 2.62. The molecule has 26 heavy (non-hydrogen) atoms. The van der Waals surface area contributed by atoms with E-state index in [2.05, 4.69) is 65.2 Å². The first-order valence-electron chi connectivity index (χ1n) is 11.9. The SMILES string of the molecule is CCC.CCCC1CCN(CCC)CC1.CCCN(CC)CCC(C)C. The summed E-state index contributed by atoms with van der Waals surface area (Å²) in [5.74, 6) is 1.89. The van der Waals surface area contributed by atoms with Crippen LogP contribution in [0.25, 0.3) is 0 Å². The van der Waals surface area contributed by atoms with Gasteiger partial charge in [0, 0.05) is 0 Å². The van der Waals surface area contributed by atoms with Crippen molar-refractivity contribution >= 4 is 0 Å². The second-order valence-corrected chi connectivity index (χ2v) is 8.40. The second-order valence-electron chi connectivity index (χ2n) is 8.40. The van der Waals surface area contributed by atoms with Crippen molar-refractivity contribution in [2.45, 2.75) is 107 Å². The van der Waals surface area contributed by atoms with Crippen LogP contribution in [0.3, 0.4) is 0 Å². The van der Waals surface area contributed by atoms with E-state index in [1.807, 2.05) is 0 Å². The fourth-order valence-corrected chi connectivity index (χ4v) is 3.41. The van der Waals surface area contributed by atoms with Crippen molar-refractivity contribution in [2.24, 2.45) is 11.8 Å². The fourth-order valence-electron chi connectivity index (χ4n) is 3.41. The van der Waals surface area contributed by atoms with Gasteiger partial charge in [-0.25, -0.2) is 0 Å². The van der Waals surface area contributed by atoms with Crippen LogP contribution in [-0.4, -0.2) is 49.1 Å². The highest BCUT2D eigenvalue weighted by atomic mass is 15.1. The summed E-state index contributed by atoms with van der Waals surface area (Å²) in [4.78, 5) is 5.14. The summed E-state index contributed by atoms with van der Waals surface area (Å²) in [5.41, 5.74) is 0. The lowest BCUT2D eigenvalue weighted by Gasteiger charge is -2.31. The number of hydrogen-bond acceptors (Lipinski definition) is 2. The summed E-state index contributed by atoms with van der Waals surface area (Å²) < 4.78 is 0. The van der Waals surface area contributed by atoms with Crippen LogP contribution in [0.4, 0.5) is 0 Å². The molecule has 0 aromatic heterocycles. The molecule has 2 nitrogen and oxygen atoms in total. The van der Waals surface area contributed by atoms with Gasteiger partial charge in [-0.3, -0.25) is 0 Å². The third-order valence-corrected chi connectivity index (χ3v) is 4.95. The highest BCUT2D eigenvalue weighted by Gasteiger charge is 2.17. The van der Waals surface area contributed by atoms with Crippen LogP contribution in [0.15, 0.2) is 0 Å². The molecule has 0 atom stereocenters. The van der Waals surface area contributed by atoms with Crippen LogP contribution in [0.5, 0.6) is 0 Å². The van der Waals surface area contributed by atoms with Crippen molar-refractivity contribution in [2.75, 3.05) is 39.3 Å². The van der Waals surface area contributed by atoms with E-state index in [0.29, 0.717) is 0 Å². The van der Waals surface area contributed by atoms with E-state index in [4.69, 9.17) is 0 Å². The summed E-state index contributed by atoms with van der Waals surface area (Å²) in [6.07, 6.45) is 10.9. The van der Waals surface area contributed by atoms with Gasteiger partial charge in [-0.05, 0) is 83.2 Å². The van der Waals surface area contributed by atoms with Gasteiger partial charge in [-0.1, -0.05) is 74.7 Å². The van der Waals surface area contributed by atoms with Crippen LogP contribution in [0.2, 0.25) is 0 Å². The van der Waals surface area contributed by atoms with Crippen LogP contribution in [-0.2, 0) is 0 Å². The maximum Gasteiger partial charge on any atom is -0.00161 e. The highest BCUT2D eigenvalue weighted by molar-refractivity contribution is 4.71. The first kappa shape index (κ1) is 28.1. The van der Waals surface area contributed by atoms with Crippen molar-refractivity contribution in [3.63, 3.8) is 0 Å². The van der Waals surface area contributed by atoms with E-state index in [-0.39, 0.29) is 0 Å². The lowest BCUT2D eigenvalue weighted by atomic mass is 9.92. The normalized spacial score (nSPS) is 15.5. The van der Waals surface area contributed by atoms with Crippen LogP contribution in [0.1, 0.15) is 107 Å². The minimum absolute atomic E-state index is 0.848. The average Bonchev–Trinajstić information content (AvgIpc) is 2.62.